The van der Waals surface area contributed by atoms with Crippen LogP contribution in [0.3, 0.4) is 0 Å². The zero-order chi connectivity index (χ0) is 11.3. The van der Waals surface area contributed by atoms with Gasteiger partial charge in [-0.25, -0.2) is 0 Å². The summed E-state index contributed by atoms with van der Waals surface area (Å²) in [4.78, 5) is 0. The molecule has 1 fully saturated rings. The van der Waals surface area contributed by atoms with Gasteiger partial charge in [0.05, 0.1) is 5.60 Å². The van der Waals surface area contributed by atoms with Gasteiger partial charge in [-0.2, -0.15) is 0 Å². The highest BCUT2D eigenvalue weighted by molar-refractivity contribution is 4.80. The Balaban J connectivity index is 2.19. The van der Waals surface area contributed by atoms with Gasteiger partial charge in [0.15, 0.2) is 0 Å². The number of hydrogen-bond acceptors (Lipinski definition) is 3. The van der Waals surface area contributed by atoms with E-state index in [0.29, 0.717) is 25.0 Å². The van der Waals surface area contributed by atoms with E-state index in [1.807, 2.05) is 13.8 Å². The Bertz CT molecular complexity index is 182. The monoisotopic (exact) mass is 215 g/mol. The molecule has 3 heteroatoms. The molecule has 3 N–H and O–H groups in total. The molecule has 1 rings (SSSR count). The molecule has 0 heterocycles. The third-order valence-corrected chi connectivity index (χ3v) is 3.73. The van der Waals surface area contributed by atoms with Crippen LogP contribution < -0.4 is 5.32 Å². The van der Waals surface area contributed by atoms with Gasteiger partial charge in [-0.15, -0.1) is 0 Å². The minimum Gasteiger partial charge on any atom is -0.396 e. The first-order chi connectivity index (χ1) is 7.09. The first-order valence-corrected chi connectivity index (χ1v) is 6.13. The summed E-state index contributed by atoms with van der Waals surface area (Å²) in [6.07, 6.45) is 4.38. The third-order valence-electron chi connectivity index (χ3n) is 3.73. The Kier molecular flexibility index (Phi) is 5.03. The van der Waals surface area contributed by atoms with E-state index in [1.54, 1.807) is 0 Å². The normalized spacial score (nSPS) is 30.4. The smallest absolute Gasteiger partial charge is 0.0740 e. The number of nitrogens with one attached hydrogen (secondary N) is 1. The molecule has 0 aromatic rings. The number of rotatable bonds is 6. The van der Waals surface area contributed by atoms with Gasteiger partial charge >= 0.3 is 0 Å². The first kappa shape index (κ1) is 12.9. The van der Waals surface area contributed by atoms with E-state index in [0.717, 1.165) is 19.4 Å². The molecule has 0 aliphatic heterocycles. The summed E-state index contributed by atoms with van der Waals surface area (Å²) in [6.45, 7) is 5.75. The topological polar surface area (TPSA) is 52.5 Å². The van der Waals surface area contributed by atoms with Crippen molar-refractivity contribution in [3.8, 4) is 0 Å². The fourth-order valence-corrected chi connectivity index (χ4v) is 2.27. The van der Waals surface area contributed by atoms with Gasteiger partial charge in [-0.05, 0) is 44.6 Å². The fraction of sp³-hybridized carbons (Fsp3) is 1.00. The van der Waals surface area contributed by atoms with Crippen molar-refractivity contribution in [1.82, 2.24) is 5.32 Å². The maximum Gasteiger partial charge on any atom is 0.0740 e. The number of aliphatic hydroxyl groups excluding tert-OH is 1. The quantitative estimate of drug-likeness (QED) is 0.623. The summed E-state index contributed by atoms with van der Waals surface area (Å²) >= 11 is 0. The fourth-order valence-electron chi connectivity index (χ4n) is 2.27. The van der Waals surface area contributed by atoms with Crippen molar-refractivity contribution in [3.63, 3.8) is 0 Å². The second-order valence-electron chi connectivity index (χ2n) is 5.12. The van der Waals surface area contributed by atoms with E-state index in [2.05, 4.69) is 5.32 Å². The summed E-state index contributed by atoms with van der Waals surface area (Å²) in [6, 6.07) is 0. The Morgan fingerprint density at radius 1 is 1.33 bits per heavy atom. The Morgan fingerprint density at radius 2 is 2.00 bits per heavy atom. The van der Waals surface area contributed by atoms with E-state index < -0.39 is 5.60 Å². The lowest BCUT2D eigenvalue weighted by molar-refractivity contribution is 0.0539. The lowest BCUT2D eigenvalue weighted by atomic mass is 9.96. The zero-order valence-corrected chi connectivity index (χ0v) is 10.00. The van der Waals surface area contributed by atoms with Gasteiger partial charge in [0.2, 0.25) is 0 Å². The number of hydrogen-bond donors (Lipinski definition) is 3. The predicted molar refractivity (Wildman–Crippen MR) is 61.7 cm³/mol. The van der Waals surface area contributed by atoms with Crippen molar-refractivity contribution in [2.24, 2.45) is 11.8 Å². The molecule has 1 aliphatic carbocycles. The SMILES string of the molecule is CCC(C)(O)CNCC1CCCC1CO. The van der Waals surface area contributed by atoms with Crippen LogP contribution in [0.2, 0.25) is 0 Å². The molecule has 0 aromatic carbocycles. The van der Waals surface area contributed by atoms with E-state index in [4.69, 9.17) is 5.11 Å². The molecule has 90 valence electrons. The van der Waals surface area contributed by atoms with Crippen molar-refractivity contribution >= 4 is 0 Å². The van der Waals surface area contributed by atoms with Crippen LogP contribution in [0.15, 0.2) is 0 Å². The summed E-state index contributed by atoms with van der Waals surface area (Å²) in [7, 11) is 0. The molecular weight excluding hydrogens is 190 g/mol. The van der Waals surface area contributed by atoms with Gasteiger partial charge in [0.25, 0.3) is 0 Å². The highest BCUT2D eigenvalue weighted by atomic mass is 16.3. The van der Waals surface area contributed by atoms with E-state index in [9.17, 15) is 5.11 Å². The molecule has 0 bridgehead atoms. The predicted octanol–water partition coefficient (Wildman–Crippen LogP) is 1.15. The molecule has 0 spiro atoms. The first-order valence-electron chi connectivity index (χ1n) is 6.13. The Labute approximate surface area is 92.9 Å². The van der Waals surface area contributed by atoms with Crippen LogP contribution in [0, 0.1) is 11.8 Å². The summed E-state index contributed by atoms with van der Waals surface area (Å²) in [5.41, 5.74) is -0.590. The minimum absolute atomic E-state index is 0.316. The minimum atomic E-state index is -0.590. The number of aliphatic hydroxyl groups is 2. The molecule has 1 saturated carbocycles. The standard InChI is InChI=1S/C12H25NO2/c1-3-12(2,15)9-13-7-10-5-4-6-11(10)8-14/h10-11,13-15H,3-9H2,1-2H3. The molecule has 1 aliphatic rings. The van der Waals surface area contributed by atoms with Gasteiger partial charge < -0.3 is 15.5 Å². The highest BCUT2D eigenvalue weighted by Crippen LogP contribution is 2.30. The van der Waals surface area contributed by atoms with Crippen LogP contribution in [0.1, 0.15) is 39.5 Å². The maximum absolute atomic E-state index is 9.81. The Hall–Kier alpha value is -0.120. The zero-order valence-electron chi connectivity index (χ0n) is 10.00. The van der Waals surface area contributed by atoms with Gasteiger partial charge in [0, 0.05) is 13.2 Å². The average molecular weight is 215 g/mol. The maximum atomic E-state index is 9.81. The third kappa shape index (κ3) is 4.09. The van der Waals surface area contributed by atoms with Crippen LogP contribution in [0.25, 0.3) is 0 Å². The lowest BCUT2D eigenvalue weighted by Gasteiger charge is -2.24. The molecule has 0 saturated heterocycles. The molecule has 0 amide bonds. The van der Waals surface area contributed by atoms with E-state index in [-0.39, 0.29) is 0 Å². The largest absolute Gasteiger partial charge is 0.396 e. The Morgan fingerprint density at radius 3 is 2.60 bits per heavy atom. The van der Waals surface area contributed by atoms with Crippen LogP contribution >= 0.6 is 0 Å². The molecular formula is C12H25NO2. The van der Waals surface area contributed by atoms with Gasteiger partial charge in [-0.3, -0.25) is 0 Å². The summed E-state index contributed by atoms with van der Waals surface area (Å²) in [5.74, 6) is 1.08. The second-order valence-corrected chi connectivity index (χ2v) is 5.12. The van der Waals surface area contributed by atoms with Crippen molar-refractivity contribution < 1.29 is 10.2 Å². The van der Waals surface area contributed by atoms with Gasteiger partial charge in [0.1, 0.15) is 0 Å². The van der Waals surface area contributed by atoms with Crippen LogP contribution in [0.5, 0.6) is 0 Å². The van der Waals surface area contributed by atoms with E-state index >= 15 is 0 Å². The molecule has 3 unspecified atom stereocenters. The van der Waals surface area contributed by atoms with Crippen molar-refractivity contribution in [1.29, 1.82) is 0 Å². The van der Waals surface area contributed by atoms with Crippen molar-refractivity contribution in [3.05, 3.63) is 0 Å². The molecule has 0 radical (unpaired) electrons. The molecule has 3 nitrogen and oxygen atoms in total. The highest BCUT2D eigenvalue weighted by Gasteiger charge is 2.26. The summed E-state index contributed by atoms with van der Waals surface area (Å²) in [5, 5.41) is 22.3. The van der Waals surface area contributed by atoms with E-state index in [1.165, 1.54) is 12.8 Å². The molecule has 3 atom stereocenters. The van der Waals surface area contributed by atoms with Crippen LogP contribution in [-0.4, -0.2) is 35.5 Å². The summed E-state index contributed by atoms with van der Waals surface area (Å²) < 4.78 is 0. The van der Waals surface area contributed by atoms with Crippen molar-refractivity contribution in [2.75, 3.05) is 19.7 Å². The van der Waals surface area contributed by atoms with Crippen LogP contribution in [-0.2, 0) is 0 Å². The average Bonchev–Trinajstić information content (AvgIpc) is 2.65. The van der Waals surface area contributed by atoms with Crippen molar-refractivity contribution in [2.45, 2.75) is 45.1 Å². The lowest BCUT2D eigenvalue weighted by Crippen LogP contribution is -2.39. The molecule has 0 aromatic heterocycles. The second kappa shape index (κ2) is 5.83. The van der Waals surface area contributed by atoms with Crippen LogP contribution in [0.4, 0.5) is 0 Å². The van der Waals surface area contributed by atoms with Gasteiger partial charge in [-0.1, -0.05) is 13.3 Å². The molecule has 15 heavy (non-hydrogen) atoms.